The number of carbonyl (C=O) groups excluding carboxylic acids is 1. The number of nitrogens with zero attached hydrogens (tertiary/aromatic N) is 1. The van der Waals surface area contributed by atoms with Gasteiger partial charge in [0, 0.05) is 12.0 Å². The minimum atomic E-state index is -0.600. The van der Waals surface area contributed by atoms with Crippen LogP contribution in [-0.4, -0.2) is 21.3 Å². The maximum atomic E-state index is 13.2. The first-order valence-electron chi connectivity index (χ1n) is 11.3. The molecule has 7 heteroatoms. The van der Waals surface area contributed by atoms with Crippen LogP contribution in [0.25, 0.3) is 11.0 Å². The molecule has 1 heterocycles. The van der Waals surface area contributed by atoms with Gasteiger partial charge < -0.3 is 10.3 Å². The smallest absolute Gasteiger partial charge is 0.291 e. The number of hydrogen-bond donors (Lipinski definition) is 4. The van der Waals surface area contributed by atoms with Crippen LogP contribution < -0.4 is 16.4 Å². The van der Waals surface area contributed by atoms with Gasteiger partial charge in [0.2, 0.25) is 0 Å². The van der Waals surface area contributed by atoms with Crippen LogP contribution in [0.3, 0.4) is 0 Å². The van der Waals surface area contributed by atoms with Crippen LogP contribution in [0, 0.1) is 10.8 Å². The number of nitrogens with one attached hydrogen (secondary N) is 4. The zero-order valence-corrected chi connectivity index (χ0v) is 19.0. The van der Waals surface area contributed by atoms with Crippen molar-refractivity contribution in [2.45, 2.75) is 32.2 Å². The minimum absolute atomic E-state index is 0.174. The summed E-state index contributed by atoms with van der Waals surface area (Å²) in [7, 11) is 0. The number of aromatic nitrogens is 2. The molecule has 1 aromatic heterocycles. The fourth-order valence-electron chi connectivity index (χ4n) is 4.03. The molecule has 1 amide bonds. The molecule has 0 spiro atoms. The summed E-state index contributed by atoms with van der Waals surface area (Å²) in [6, 6.07) is 24.5. The van der Waals surface area contributed by atoms with Crippen molar-refractivity contribution in [2.75, 3.05) is 0 Å². The molecule has 0 radical (unpaired) electrons. The van der Waals surface area contributed by atoms with Gasteiger partial charge in [-0.25, -0.2) is 0 Å². The topological polar surface area (TPSA) is 115 Å². The van der Waals surface area contributed by atoms with Gasteiger partial charge in [-0.2, -0.15) is 0 Å². The molecule has 3 aromatic carbocycles. The van der Waals surface area contributed by atoms with Crippen molar-refractivity contribution >= 4 is 22.8 Å². The summed E-state index contributed by atoms with van der Waals surface area (Å²) >= 11 is 0. The van der Waals surface area contributed by atoms with Crippen molar-refractivity contribution in [1.29, 1.82) is 10.8 Å². The van der Waals surface area contributed by atoms with E-state index in [9.17, 15) is 9.59 Å². The second kappa shape index (κ2) is 10.1. The van der Waals surface area contributed by atoms with E-state index in [0.29, 0.717) is 29.4 Å². The SMILES string of the molecule is CCCC(=N)n1c(=N)c(=O)[nH]c2cc(C(=O)NC(Cc3ccccc3)c3ccccc3)ccc21. The third-order valence-corrected chi connectivity index (χ3v) is 5.73. The van der Waals surface area contributed by atoms with Crippen LogP contribution in [0.15, 0.2) is 83.7 Å². The fourth-order valence-corrected chi connectivity index (χ4v) is 4.03. The van der Waals surface area contributed by atoms with Gasteiger partial charge in [0.25, 0.3) is 11.5 Å². The van der Waals surface area contributed by atoms with Crippen LogP contribution >= 0.6 is 0 Å². The predicted molar refractivity (Wildman–Crippen MR) is 133 cm³/mol. The van der Waals surface area contributed by atoms with Crippen molar-refractivity contribution < 1.29 is 4.79 Å². The Bertz CT molecular complexity index is 1440. The summed E-state index contributed by atoms with van der Waals surface area (Å²) in [6.45, 7) is 1.94. The van der Waals surface area contributed by atoms with Crippen LogP contribution in [-0.2, 0) is 6.42 Å². The Morgan fingerprint density at radius 1 is 1.03 bits per heavy atom. The van der Waals surface area contributed by atoms with Crippen molar-refractivity contribution in [3.63, 3.8) is 0 Å². The highest BCUT2D eigenvalue weighted by Gasteiger charge is 2.18. The maximum absolute atomic E-state index is 13.2. The average molecular weight is 454 g/mol. The van der Waals surface area contributed by atoms with Gasteiger partial charge in [-0.15, -0.1) is 0 Å². The molecule has 7 nitrogen and oxygen atoms in total. The number of amides is 1. The minimum Gasteiger partial charge on any atom is -0.345 e. The van der Waals surface area contributed by atoms with E-state index in [1.54, 1.807) is 18.2 Å². The van der Waals surface area contributed by atoms with Gasteiger partial charge in [-0.1, -0.05) is 67.6 Å². The van der Waals surface area contributed by atoms with E-state index in [1.807, 2.05) is 67.6 Å². The van der Waals surface area contributed by atoms with Gasteiger partial charge in [0.15, 0.2) is 5.49 Å². The number of carbonyl (C=O) groups is 1. The Balaban J connectivity index is 1.68. The molecule has 4 N–H and O–H groups in total. The number of benzene rings is 3. The predicted octanol–water partition coefficient (Wildman–Crippen LogP) is 4.15. The Morgan fingerprint density at radius 3 is 2.38 bits per heavy atom. The summed E-state index contributed by atoms with van der Waals surface area (Å²) < 4.78 is 1.33. The van der Waals surface area contributed by atoms with Gasteiger partial charge in [-0.05, 0) is 42.2 Å². The molecule has 4 aromatic rings. The van der Waals surface area contributed by atoms with Crippen molar-refractivity contribution in [3.8, 4) is 0 Å². The summed E-state index contributed by atoms with van der Waals surface area (Å²) in [5.41, 5.74) is 2.53. The summed E-state index contributed by atoms with van der Waals surface area (Å²) in [5, 5.41) is 19.5. The molecule has 172 valence electrons. The largest absolute Gasteiger partial charge is 0.345 e. The zero-order valence-electron chi connectivity index (χ0n) is 19.0. The second-order valence-electron chi connectivity index (χ2n) is 8.19. The molecule has 0 saturated heterocycles. The number of hydrogen-bond acceptors (Lipinski definition) is 4. The van der Waals surface area contributed by atoms with E-state index in [4.69, 9.17) is 10.8 Å². The monoisotopic (exact) mass is 453 g/mol. The van der Waals surface area contributed by atoms with E-state index in [2.05, 4.69) is 10.3 Å². The normalized spacial score (nSPS) is 11.8. The number of aromatic amines is 1. The Hall–Kier alpha value is -4.26. The lowest BCUT2D eigenvalue weighted by Crippen LogP contribution is -2.39. The first-order chi connectivity index (χ1) is 16.5. The number of fused-ring (bicyclic) bond motifs is 1. The van der Waals surface area contributed by atoms with E-state index in [-0.39, 0.29) is 23.3 Å². The van der Waals surface area contributed by atoms with Gasteiger partial charge in [0.1, 0.15) is 5.84 Å². The van der Waals surface area contributed by atoms with Gasteiger partial charge in [0.05, 0.1) is 17.1 Å². The molecule has 0 saturated carbocycles. The lowest BCUT2D eigenvalue weighted by Gasteiger charge is -2.20. The van der Waals surface area contributed by atoms with Crippen molar-refractivity contribution in [1.82, 2.24) is 14.9 Å². The van der Waals surface area contributed by atoms with Crippen molar-refractivity contribution in [2.24, 2.45) is 0 Å². The Labute approximate surface area is 197 Å². The fraction of sp³-hybridized carbons (Fsp3) is 0.185. The van der Waals surface area contributed by atoms with E-state index in [0.717, 1.165) is 17.5 Å². The lowest BCUT2D eigenvalue weighted by atomic mass is 9.98. The highest BCUT2D eigenvalue weighted by molar-refractivity contribution is 5.99. The highest BCUT2D eigenvalue weighted by atomic mass is 16.1. The van der Waals surface area contributed by atoms with E-state index in [1.165, 1.54) is 4.57 Å². The lowest BCUT2D eigenvalue weighted by molar-refractivity contribution is 0.0936. The molecule has 1 unspecified atom stereocenters. The average Bonchev–Trinajstić information content (AvgIpc) is 2.85. The number of rotatable bonds is 7. The van der Waals surface area contributed by atoms with Gasteiger partial charge >= 0.3 is 0 Å². The first-order valence-corrected chi connectivity index (χ1v) is 11.3. The summed E-state index contributed by atoms with van der Waals surface area (Å²) in [5.74, 6) is -0.0922. The third kappa shape index (κ3) is 4.88. The van der Waals surface area contributed by atoms with Crippen LogP contribution in [0.1, 0.15) is 47.3 Å². The zero-order chi connectivity index (χ0) is 24.1. The van der Waals surface area contributed by atoms with Crippen LogP contribution in [0.5, 0.6) is 0 Å². The Kier molecular flexibility index (Phi) is 6.82. The molecule has 0 aliphatic heterocycles. The molecule has 0 aliphatic rings. The van der Waals surface area contributed by atoms with Crippen LogP contribution in [0.4, 0.5) is 0 Å². The molecular weight excluding hydrogens is 426 g/mol. The van der Waals surface area contributed by atoms with Gasteiger partial charge in [-0.3, -0.25) is 25.0 Å². The highest BCUT2D eigenvalue weighted by Crippen LogP contribution is 2.20. The molecule has 34 heavy (non-hydrogen) atoms. The van der Waals surface area contributed by atoms with E-state index >= 15 is 0 Å². The standard InChI is InChI=1S/C27H27N5O2/c1-2-9-24(28)32-23-15-14-20(17-22(23)31-27(34)25(32)29)26(33)30-21(19-12-7-4-8-13-19)16-18-10-5-3-6-11-18/h3-8,10-15,17,21,28-29H,2,9,16H2,1H3,(H,30,33)(H,31,34). The van der Waals surface area contributed by atoms with Crippen molar-refractivity contribution in [3.05, 3.63) is 111 Å². The third-order valence-electron chi connectivity index (χ3n) is 5.73. The molecule has 4 rings (SSSR count). The summed E-state index contributed by atoms with van der Waals surface area (Å²) in [4.78, 5) is 28.3. The Morgan fingerprint density at radius 2 is 1.71 bits per heavy atom. The molecule has 0 aliphatic carbocycles. The molecular formula is C27H27N5O2. The molecule has 1 atom stereocenters. The molecule has 0 fully saturated rings. The van der Waals surface area contributed by atoms with Crippen LogP contribution in [0.2, 0.25) is 0 Å². The number of H-pyrrole nitrogens is 1. The maximum Gasteiger partial charge on any atom is 0.291 e. The first kappa shape index (κ1) is 22.9. The second-order valence-corrected chi connectivity index (χ2v) is 8.19. The molecule has 0 bridgehead atoms. The summed E-state index contributed by atoms with van der Waals surface area (Å²) in [6.07, 6.45) is 1.80. The quantitative estimate of drug-likeness (QED) is 0.249. The van der Waals surface area contributed by atoms with E-state index < -0.39 is 5.56 Å².